The molecule has 0 spiro atoms. The maximum absolute atomic E-state index is 5.20. The number of hydrogen-bond acceptors (Lipinski definition) is 2. The van der Waals surface area contributed by atoms with Gasteiger partial charge in [-0.25, -0.2) is 0 Å². The summed E-state index contributed by atoms with van der Waals surface area (Å²) in [5, 5.41) is 0. The number of aliphatic imine (C=N–C) groups is 1. The summed E-state index contributed by atoms with van der Waals surface area (Å²) >= 11 is 0. The van der Waals surface area contributed by atoms with Gasteiger partial charge in [-0.1, -0.05) is 17.7 Å². The first-order chi connectivity index (χ1) is 5.81. The third-order valence-electron chi connectivity index (χ3n) is 1.51. The van der Waals surface area contributed by atoms with Crippen molar-refractivity contribution in [1.29, 1.82) is 0 Å². The van der Waals surface area contributed by atoms with E-state index >= 15 is 0 Å². The van der Waals surface area contributed by atoms with E-state index in [4.69, 9.17) is 5.73 Å². The first kappa shape index (κ1) is 11.1. The molecule has 0 aromatic carbocycles. The fourth-order valence-electron chi connectivity index (χ4n) is 0.802. The Hall–Kier alpha value is -0.890. The van der Waals surface area contributed by atoms with Crippen LogP contribution in [0.1, 0.15) is 26.7 Å². The average molecular weight is 166 g/mol. The van der Waals surface area contributed by atoms with Gasteiger partial charge < -0.3 is 5.73 Å². The normalized spacial score (nSPS) is 13.4. The smallest absolute Gasteiger partial charge is 0.0859 e. The zero-order valence-electron chi connectivity index (χ0n) is 7.96. The Balaban J connectivity index is 3.62. The molecule has 68 valence electrons. The fourth-order valence-corrected chi connectivity index (χ4v) is 0.802. The van der Waals surface area contributed by atoms with Crippen LogP contribution < -0.4 is 5.73 Å². The Labute approximate surface area is 74.9 Å². The highest BCUT2D eigenvalue weighted by molar-refractivity contribution is 5.71. The van der Waals surface area contributed by atoms with Crippen LogP contribution in [0.2, 0.25) is 0 Å². The Morgan fingerprint density at radius 2 is 2.25 bits per heavy atom. The molecule has 0 aromatic rings. The van der Waals surface area contributed by atoms with Crippen LogP contribution in [0.3, 0.4) is 0 Å². The maximum atomic E-state index is 5.20. The second-order valence-electron chi connectivity index (χ2n) is 2.63. The average Bonchev–Trinajstić information content (AvgIpc) is 2.06. The lowest BCUT2D eigenvalue weighted by Crippen LogP contribution is -1.93. The quantitative estimate of drug-likeness (QED) is 0.494. The molecule has 0 aliphatic carbocycles. The molecule has 0 fully saturated rings. The molecule has 2 N–H and O–H groups in total. The summed E-state index contributed by atoms with van der Waals surface area (Å²) in [5.74, 6) is 0. The lowest BCUT2D eigenvalue weighted by atomic mass is 10.1. The van der Waals surface area contributed by atoms with E-state index < -0.39 is 0 Å². The molecule has 0 rings (SSSR count). The minimum absolute atomic E-state index is 0.374. The van der Waals surface area contributed by atoms with Crippen molar-refractivity contribution < 1.29 is 0 Å². The number of nitrogens with two attached hydrogens (primary N) is 1. The first-order valence-corrected chi connectivity index (χ1v) is 4.28. The topological polar surface area (TPSA) is 38.4 Å². The van der Waals surface area contributed by atoms with Gasteiger partial charge in [-0.2, -0.15) is 0 Å². The number of nitrogens with zero attached hydrogens (tertiary/aromatic N) is 1. The SMILES string of the molecule is C/C=C/CC/C(C)=C/C=N/CN. The monoisotopic (exact) mass is 166 g/mol. The van der Waals surface area contributed by atoms with Crippen LogP contribution in [0.15, 0.2) is 28.8 Å². The van der Waals surface area contributed by atoms with Crippen LogP contribution in [0.25, 0.3) is 0 Å². The molecule has 0 aliphatic rings. The largest absolute Gasteiger partial charge is 0.312 e. The fraction of sp³-hybridized carbons (Fsp3) is 0.500. The highest BCUT2D eigenvalue weighted by Crippen LogP contribution is 2.02. The number of rotatable bonds is 5. The van der Waals surface area contributed by atoms with Crippen molar-refractivity contribution in [3.8, 4) is 0 Å². The molecule has 2 heteroatoms. The van der Waals surface area contributed by atoms with Crippen molar-refractivity contribution in [2.24, 2.45) is 10.7 Å². The molecule has 0 unspecified atom stereocenters. The Morgan fingerprint density at radius 3 is 2.83 bits per heavy atom. The molecule has 0 aromatic heterocycles. The molecule has 0 radical (unpaired) electrons. The van der Waals surface area contributed by atoms with Crippen LogP contribution >= 0.6 is 0 Å². The van der Waals surface area contributed by atoms with Gasteiger partial charge in [0.2, 0.25) is 0 Å². The lowest BCUT2D eigenvalue weighted by Gasteiger charge is -1.94. The van der Waals surface area contributed by atoms with Gasteiger partial charge in [0.1, 0.15) is 0 Å². The predicted octanol–water partition coefficient (Wildman–Crippen LogP) is 2.28. The van der Waals surface area contributed by atoms with Crippen molar-refractivity contribution in [2.45, 2.75) is 26.7 Å². The summed E-state index contributed by atoms with van der Waals surface area (Å²) in [4.78, 5) is 3.90. The van der Waals surface area contributed by atoms with E-state index in [1.54, 1.807) is 6.21 Å². The van der Waals surface area contributed by atoms with Gasteiger partial charge in [-0.05, 0) is 32.8 Å². The minimum atomic E-state index is 0.374. The highest BCUT2D eigenvalue weighted by Gasteiger charge is 1.84. The molecule has 0 bridgehead atoms. The van der Waals surface area contributed by atoms with Gasteiger partial charge in [-0.15, -0.1) is 0 Å². The molecule has 0 saturated heterocycles. The molecule has 0 heterocycles. The van der Waals surface area contributed by atoms with Crippen LogP contribution in [0, 0.1) is 0 Å². The van der Waals surface area contributed by atoms with E-state index in [-0.39, 0.29) is 0 Å². The van der Waals surface area contributed by atoms with Crippen molar-refractivity contribution >= 4 is 6.21 Å². The molecule has 2 nitrogen and oxygen atoms in total. The first-order valence-electron chi connectivity index (χ1n) is 4.28. The van der Waals surface area contributed by atoms with Gasteiger partial charge in [0.05, 0.1) is 6.67 Å². The van der Waals surface area contributed by atoms with Gasteiger partial charge >= 0.3 is 0 Å². The van der Waals surface area contributed by atoms with Gasteiger partial charge in [0.15, 0.2) is 0 Å². The maximum Gasteiger partial charge on any atom is 0.0859 e. The number of hydrogen-bond donors (Lipinski definition) is 1. The molecule has 0 amide bonds. The second kappa shape index (κ2) is 8.21. The summed E-state index contributed by atoms with van der Waals surface area (Å²) in [5.41, 5.74) is 6.54. The number of allylic oxidation sites excluding steroid dienone is 4. The summed E-state index contributed by atoms with van der Waals surface area (Å²) in [6.45, 7) is 4.51. The van der Waals surface area contributed by atoms with E-state index in [0.717, 1.165) is 12.8 Å². The molecular weight excluding hydrogens is 148 g/mol. The highest BCUT2D eigenvalue weighted by atomic mass is 14.8. The molecule has 12 heavy (non-hydrogen) atoms. The second-order valence-corrected chi connectivity index (χ2v) is 2.63. The molecule has 0 aliphatic heterocycles. The van der Waals surface area contributed by atoms with Gasteiger partial charge in [0.25, 0.3) is 0 Å². The summed E-state index contributed by atoms with van der Waals surface area (Å²) < 4.78 is 0. The molecule has 0 atom stereocenters. The Morgan fingerprint density at radius 1 is 1.50 bits per heavy atom. The van der Waals surface area contributed by atoms with E-state index in [9.17, 15) is 0 Å². The van der Waals surface area contributed by atoms with Crippen LogP contribution in [0.4, 0.5) is 0 Å². The predicted molar refractivity (Wildman–Crippen MR) is 55.4 cm³/mol. The van der Waals surface area contributed by atoms with E-state index in [1.165, 1.54) is 5.57 Å². The van der Waals surface area contributed by atoms with Crippen LogP contribution in [-0.2, 0) is 0 Å². The Kier molecular flexibility index (Phi) is 7.60. The third-order valence-corrected chi connectivity index (χ3v) is 1.51. The van der Waals surface area contributed by atoms with Crippen LogP contribution in [-0.4, -0.2) is 12.9 Å². The van der Waals surface area contributed by atoms with Gasteiger partial charge in [-0.3, -0.25) is 4.99 Å². The minimum Gasteiger partial charge on any atom is -0.312 e. The lowest BCUT2D eigenvalue weighted by molar-refractivity contribution is 0.978. The van der Waals surface area contributed by atoms with E-state index in [2.05, 4.69) is 24.1 Å². The van der Waals surface area contributed by atoms with Gasteiger partial charge in [0, 0.05) is 6.21 Å². The van der Waals surface area contributed by atoms with Crippen molar-refractivity contribution in [1.82, 2.24) is 0 Å². The zero-order valence-corrected chi connectivity index (χ0v) is 7.96. The van der Waals surface area contributed by atoms with Crippen molar-refractivity contribution in [2.75, 3.05) is 6.67 Å². The summed E-state index contributed by atoms with van der Waals surface area (Å²) in [6, 6.07) is 0. The molecular formula is C10H18N2. The standard InChI is InChI=1S/C10H18N2/c1-3-4-5-6-10(2)7-8-12-9-11/h3-4,7-8H,5-6,9,11H2,1-2H3/b4-3+,10-7+,12-8+. The Bertz CT molecular complexity index is 178. The third kappa shape index (κ3) is 7.22. The summed E-state index contributed by atoms with van der Waals surface area (Å²) in [7, 11) is 0. The van der Waals surface area contributed by atoms with Crippen molar-refractivity contribution in [3.63, 3.8) is 0 Å². The summed E-state index contributed by atoms with van der Waals surface area (Å²) in [6.07, 6.45) is 10.2. The van der Waals surface area contributed by atoms with E-state index in [1.807, 2.05) is 13.0 Å². The van der Waals surface area contributed by atoms with E-state index in [0.29, 0.717) is 6.67 Å². The van der Waals surface area contributed by atoms with Crippen LogP contribution in [0.5, 0.6) is 0 Å². The van der Waals surface area contributed by atoms with Crippen molar-refractivity contribution in [3.05, 3.63) is 23.8 Å². The zero-order chi connectivity index (χ0) is 9.23. The molecule has 0 saturated carbocycles.